The summed E-state index contributed by atoms with van der Waals surface area (Å²) in [7, 11) is 0. The van der Waals surface area contributed by atoms with E-state index in [0.717, 1.165) is 32.4 Å². The van der Waals surface area contributed by atoms with Crippen LogP contribution in [0.1, 0.15) is 64.7 Å². The van der Waals surface area contributed by atoms with E-state index >= 15 is 0 Å². The van der Waals surface area contributed by atoms with Crippen molar-refractivity contribution in [3.8, 4) is 0 Å². The van der Waals surface area contributed by atoms with Gasteiger partial charge in [0.15, 0.2) is 0 Å². The fraction of sp³-hybridized carbons (Fsp3) is 0.923. The van der Waals surface area contributed by atoms with Crippen molar-refractivity contribution in [2.24, 2.45) is 0 Å². The van der Waals surface area contributed by atoms with Gasteiger partial charge in [0, 0.05) is 6.42 Å². The van der Waals surface area contributed by atoms with E-state index in [4.69, 9.17) is 5.11 Å². The van der Waals surface area contributed by atoms with Gasteiger partial charge in [0.2, 0.25) is 0 Å². The van der Waals surface area contributed by atoms with Crippen molar-refractivity contribution < 1.29 is 9.90 Å². The lowest BCUT2D eigenvalue weighted by Crippen LogP contribution is -2.16. The summed E-state index contributed by atoms with van der Waals surface area (Å²) in [5, 5.41) is 11.9. The lowest BCUT2D eigenvalue weighted by molar-refractivity contribution is -0.137. The van der Waals surface area contributed by atoms with Crippen LogP contribution in [0.5, 0.6) is 0 Å². The van der Waals surface area contributed by atoms with Gasteiger partial charge in [0.05, 0.1) is 0 Å². The quantitative estimate of drug-likeness (QED) is 0.505. The molecule has 0 aliphatic heterocycles. The van der Waals surface area contributed by atoms with Gasteiger partial charge in [-0.25, -0.2) is 0 Å². The molecule has 0 fully saturated rings. The normalized spacial score (nSPS) is 10.6. The van der Waals surface area contributed by atoms with E-state index in [9.17, 15) is 4.79 Å². The molecule has 0 radical (unpaired) electrons. The number of carbonyl (C=O) groups is 1. The monoisotopic (exact) mass is 229 g/mol. The molecule has 3 heteroatoms. The van der Waals surface area contributed by atoms with E-state index < -0.39 is 5.97 Å². The zero-order valence-corrected chi connectivity index (χ0v) is 10.6. The zero-order valence-electron chi connectivity index (χ0n) is 10.6. The molecule has 0 amide bonds. The first-order chi connectivity index (χ1) is 7.77. The van der Waals surface area contributed by atoms with E-state index in [2.05, 4.69) is 12.2 Å². The second kappa shape index (κ2) is 12.5. The lowest BCUT2D eigenvalue weighted by atomic mass is 10.1. The molecule has 0 aromatic heterocycles. The number of hydrogen-bond acceptors (Lipinski definition) is 2. The van der Waals surface area contributed by atoms with Crippen LogP contribution in [0.25, 0.3) is 0 Å². The molecule has 0 bridgehead atoms. The van der Waals surface area contributed by atoms with Gasteiger partial charge < -0.3 is 10.4 Å². The highest BCUT2D eigenvalue weighted by atomic mass is 16.4. The van der Waals surface area contributed by atoms with Crippen molar-refractivity contribution in [3.63, 3.8) is 0 Å². The molecule has 96 valence electrons. The second-order valence-corrected chi connectivity index (χ2v) is 4.37. The Balaban J connectivity index is 2.90. The molecular formula is C13H27NO2. The van der Waals surface area contributed by atoms with Gasteiger partial charge in [-0.1, -0.05) is 39.0 Å². The Morgan fingerprint density at radius 1 is 0.938 bits per heavy atom. The summed E-state index contributed by atoms with van der Waals surface area (Å²) >= 11 is 0. The van der Waals surface area contributed by atoms with Crippen LogP contribution in [0, 0.1) is 0 Å². The third-order valence-corrected chi connectivity index (χ3v) is 2.70. The van der Waals surface area contributed by atoms with Crippen LogP contribution in [0.4, 0.5) is 0 Å². The molecule has 3 nitrogen and oxygen atoms in total. The maximum atomic E-state index is 10.2. The van der Waals surface area contributed by atoms with Crippen LogP contribution in [0.15, 0.2) is 0 Å². The van der Waals surface area contributed by atoms with Crippen LogP contribution >= 0.6 is 0 Å². The Kier molecular flexibility index (Phi) is 12.1. The molecule has 0 heterocycles. The fourth-order valence-corrected chi connectivity index (χ4v) is 1.68. The van der Waals surface area contributed by atoms with Gasteiger partial charge in [0.1, 0.15) is 0 Å². The standard InChI is InChI=1S/C13H27NO2/c1-2-3-4-8-11-14-12-9-6-5-7-10-13(15)16/h14H,2-12H2,1H3,(H,15,16). The number of aliphatic carboxylic acids is 1. The van der Waals surface area contributed by atoms with E-state index in [0.29, 0.717) is 6.42 Å². The van der Waals surface area contributed by atoms with Crippen molar-refractivity contribution in [1.29, 1.82) is 0 Å². The molecule has 0 aromatic rings. The van der Waals surface area contributed by atoms with Gasteiger partial charge >= 0.3 is 5.97 Å². The number of rotatable bonds is 12. The summed E-state index contributed by atoms with van der Waals surface area (Å²) in [6.07, 6.45) is 9.78. The molecule has 2 N–H and O–H groups in total. The average molecular weight is 229 g/mol. The SMILES string of the molecule is CCCCCCNCCCCCCC(=O)O. The number of carboxylic acids is 1. The van der Waals surface area contributed by atoms with Crippen molar-refractivity contribution in [2.45, 2.75) is 64.7 Å². The second-order valence-electron chi connectivity index (χ2n) is 4.37. The maximum absolute atomic E-state index is 10.2. The Labute approximate surface area is 99.6 Å². The smallest absolute Gasteiger partial charge is 0.303 e. The Morgan fingerprint density at radius 3 is 2.06 bits per heavy atom. The van der Waals surface area contributed by atoms with Crippen molar-refractivity contribution in [1.82, 2.24) is 5.32 Å². The van der Waals surface area contributed by atoms with Crippen LogP contribution in [-0.4, -0.2) is 24.2 Å². The number of carboxylic acid groups (broad SMARTS) is 1. The molecular weight excluding hydrogens is 202 g/mol. The molecule has 0 aliphatic carbocycles. The first kappa shape index (κ1) is 15.4. The predicted molar refractivity (Wildman–Crippen MR) is 67.7 cm³/mol. The summed E-state index contributed by atoms with van der Waals surface area (Å²) in [5.41, 5.74) is 0. The molecule has 0 atom stereocenters. The highest BCUT2D eigenvalue weighted by Gasteiger charge is 1.96. The van der Waals surface area contributed by atoms with Crippen LogP contribution in [0.2, 0.25) is 0 Å². The van der Waals surface area contributed by atoms with E-state index in [1.165, 1.54) is 32.1 Å². The van der Waals surface area contributed by atoms with Crippen LogP contribution < -0.4 is 5.32 Å². The van der Waals surface area contributed by atoms with Gasteiger partial charge in [-0.05, 0) is 32.4 Å². The highest BCUT2D eigenvalue weighted by molar-refractivity contribution is 5.66. The topological polar surface area (TPSA) is 49.3 Å². The summed E-state index contributed by atoms with van der Waals surface area (Å²) in [4.78, 5) is 10.2. The molecule has 0 rings (SSSR count). The van der Waals surface area contributed by atoms with E-state index in [1.54, 1.807) is 0 Å². The van der Waals surface area contributed by atoms with E-state index in [1.807, 2.05) is 0 Å². The fourth-order valence-electron chi connectivity index (χ4n) is 1.68. The predicted octanol–water partition coefficient (Wildman–Crippen LogP) is 3.19. The van der Waals surface area contributed by atoms with E-state index in [-0.39, 0.29) is 0 Å². The number of unbranched alkanes of at least 4 members (excludes halogenated alkanes) is 6. The van der Waals surface area contributed by atoms with Crippen LogP contribution in [-0.2, 0) is 4.79 Å². The molecule has 0 aromatic carbocycles. The average Bonchev–Trinajstić information content (AvgIpc) is 2.25. The van der Waals surface area contributed by atoms with Crippen LogP contribution in [0.3, 0.4) is 0 Å². The Morgan fingerprint density at radius 2 is 1.50 bits per heavy atom. The minimum Gasteiger partial charge on any atom is -0.481 e. The largest absolute Gasteiger partial charge is 0.481 e. The summed E-state index contributed by atoms with van der Waals surface area (Å²) in [5.74, 6) is -0.672. The molecule has 16 heavy (non-hydrogen) atoms. The van der Waals surface area contributed by atoms with Gasteiger partial charge in [0.25, 0.3) is 0 Å². The van der Waals surface area contributed by atoms with Crippen molar-refractivity contribution in [2.75, 3.05) is 13.1 Å². The molecule has 0 saturated heterocycles. The first-order valence-electron chi connectivity index (χ1n) is 6.70. The first-order valence-corrected chi connectivity index (χ1v) is 6.70. The highest BCUT2D eigenvalue weighted by Crippen LogP contribution is 2.02. The minimum absolute atomic E-state index is 0.324. The molecule has 0 unspecified atom stereocenters. The zero-order chi connectivity index (χ0) is 12.1. The lowest BCUT2D eigenvalue weighted by Gasteiger charge is -2.04. The molecule has 0 saturated carbocycles. The third kappa shape index (κ3) is 13.4. The van der Waals surface area contributed by atoms with Crippen molar-refractivity contribution >= 4 is 5.97 Å². The van der Waals surface area contributed by atoms with Gasteiger partial charge in [-0.2, -0.15) is 0 Å². The molecule has 0 aliphatic rings. The van der Waals surface area contributed by atoms with Gasteiger partial charge in [-0.3, -0.25) is 4.79 Å². The number of hydrogen-bond donors (Lipinski definition) is 2. The van der Waals surface area contributed by atoms with Crippen molar-refractivity contribution in [3.05, 3.63) is 0 Å². The third-order valence-electron chi connectivity index (χ3n) is 2.70. The van der Waals surface area contributed by atoms with Gasteiger partial charge in [-0.15, -0.1) is 0 Å². The number of nitrogens with one attached hydrogen (secondary N) is 1. The Hall–Kier alpha value is -0.570. The Bertz CT molecular complexity index is 160. The maximum Gasteiger partial charge on any atom is 0.303 e. The summed E-state index contributed by atoms with van der Waals surface area (Å²) in [6, 6.07) is 0. The molecule has 0 spiro atoms. The minimum atomic E-state index is -0.672. The summed E-state index contributed by atoms with van der Waals surface area (Å²) < 4.78 is 0. The summed E-state index contributed by atoms with van der Waals surface area (Å²) in [6.45, 7) is 4.44.